The molecule has 25 heavy (non-hydrogen) atoms. The summed E-state index contributed by atoms with van der Waals surface area (Å²) in [5.41, 5.74) is 2.60. The van der Waals surface area contributed by atoms with Gasteiger partial charge < -0.3 is 15.3 Å². The number of hydrogen-bond acceptors (Lipinski definition) is 4. The number of aliphatic hydroxyl groups is 1. The van der Waals surface area contributed by atoms with E-state index in [1.165, 1.54) is 43.4 Å². The molecule has 0 radical (unpaired) electrons. The minimum atomic E-state index is -0.104. The van der Waals surface area contributed by atoms with Crippen molar-refractivity contribution in [2.24, 2.45) is 0 Å². The number of hydrogen-bond donors (Lipinski definition) is 2. The molecule has 0 spiro atoms. The van der Waals surface area contributed by atoms with Crippen LogP contribution in [0.5, 0.6) is 0 Å². The molecular weight excluding hydrogens is 310 g/mol. The van der Waals surface area contributed by atoms with Gasteiger partial charge in [0.1, 0.15) is 0 Å². The van der Waals surface area contributed by atoms with Gasteiger partial charge >= 0.3 is 0 Å². The zero-order valence-corrected chi connectivity index (χ0v) is 16.1. The van der Waals surface area contributed by atoms with Crippen LogP contribution in [0, 0.1) is 0 Å². The van der Waals surface area contributed by atoms with Gasteiger partial charge in [-0.3, -0.25) is 4.90 Å². The van der Waals surface area contributed by atoms with Crippen LogP contribution in [0.25, 0.3) is 0 Å². The largest absolute Gasteiger partial charge is 0.391 e. The molecule has 3 unspecified atom stereocenters. The molecule has 1 aromatic carbocycles. The number of benzene rings is 1. The lowest BCUT2D eigenvalue weighted by Crippen LogP contribution is -2.51. The Morgan fingerprint density at radius 1 is 1.04 bits per heavy atom. The van der Waals surface area contributed by atoms with Gasteiger partial charge in [-0.05, 0) is 50.3 Å². The lowest BCUT2D eigenvalue weighted by molar-refractivity contribution is 0.00671. The van der Waals surface area contributed by atoms with Crippen molar-refractivity contribution in [2.45, 2.75) is 69.7 Å². The molecule has 2 N–H and O–H groups in total. The summed E-state index contributed by atoms with van der Waals surface area (Å²) in [4.78, 5) is 4.68. The Hall–Kier alpha value is -1.10. The summed E-state index contributed by atoms with van der Waals surface area (Å²) in [6, 6.07) is 10.2. The van der Waals surface area contributed by atoms with Crippen LogP contribution in [0.3, 0.4) is 0 Å². The Labute approximate surface area is 153 Å². The van der Waals surface area contributed by atoms with Crippen LogP contribution in [0.1, 0.15) is 57.1 Å². The van der Waals surface area contributed by atoms with E-state index < -0.39 is 0 Å². The van der Waals surface area contributed by atoms with Crippen molar-refractivity contribution in [1.29, 1.82) is 0 Å². The molecule has 4 nitrogen and oxygen atoms in total. The molecule has 140 valence electrons. The fourth-order valence-electron chi connectivity index (χ4n) is 4.43. The Kier molecular flexibility index (Phi) is 6.37. The first-order valence-corrected chi connectivity index (χ1v) is 10.00. The number of nitrogens with zero attached hydrogens (tertiary/aromatic N) is 2. The minimum Gasteiger partial charge on any atom is -0.391 e. The van der Waals surface area contributed by atoms with Crippen LogP contribution in [0.4, 0.5) is 5.69 Å². The molecule has 2 fully saturated rings. The van der Waals surface area contributed by atoms with Crippen molar-refractivity contribution in [3.63, 3.8) is 0 Å². The lowest BCUT2D eigenvalue weighted by atomic mass is 9.89. The number of piperidine rings is 1. The van der Waals surface area contributed by atoms with Crippen LogP contribution in [-0.2, 0) is 0 Å². The molecule has 1 aromatic rings. The number of anilines is 1. The molecule has 1 heterocycles. The van der Waals surface area contributed by atoms with Crippen molar-refractivity contribution in [3.05, 3.63) is 29.8 Å². The maximum absolute atomic E-state index is 10.3. The predicted molar refractivity (Wildman–Crippen MR) is 105 cm³/mol. The highest BCUT2D eigenvalue weighted by Crippen LogP contribution is 2.27. The molecule has 4 heteroatoms. The normalized spacial score (nSPS) is 27.2. The van der Waals surface area contributed by atoms with Gasteiger partial charge in [-0.15, -0.1) is 0 Å². The highest BCUT2D eigenvalue weighted by atomic mass is 16.3. The Morgan fingerprint density at radius 3 is 2.28 bits per heavy atom. The second kappa shape index (κ2) is 8.52. The lowest BCUT2D eigenvalue weighted by Gasteiger charge is -2.42. The van der Waals surface area contributed by atoms with E-state index in [9.17, 15) is 5.11 Å². The zero-order valence-electron chi connectivity index (χ0n) is 16.1. The average molecular weight is 346 g/mol. The second-order valence-electron chi connectivity index (χ2n) is 8.10. The van der Waals surface area contributed by atoms with Crippen LogP contribution in [0.2, 0.25) is 0 Å². The molecule has 3 rings (SSSR count). The summed E-state index contributed by atoms with van der Waals surface area (Å²) in [6.45, 7) is 4.50. The zero-order chi connectivity index (χ0) is 17.8. The molecule has 1 saturated heterocycles. The Bertz CT molecular complexity index is 522. The number of nitrogens with one attached hydrogen (secondary N) is 1. The van der Waals surface area contributed by atoms with Crippen LogP contribution in [-0.4, -0.2) is 55.4 Å². The van der Waals surface area contributed by atoms with E-state index in [0.717, 1.165) is 19.5 Å². The summed E-state index contributed by atoms with van der Waals surface area (Å²) in [7, 11) is 4.15. The third-order valence-electron chi connectivity index (χ3n) is 6.09. The van der Waals surface area contributed by atoms with Gasteiger partial charge in [0, 0.05) is 51.0 Å². The molecule has 1 saturated carbocycles. The maximum atomic E-state index is 10.3. The fraction of sp³-hybridized carbons (Fsp3) is 0.714. The molecular formula is C21H35N3O. The molecule has 2 aliphatic rings. The van der Waals surface area contributed by atoms with Gasteiger partial charge in [-0.25, -0.2) is 0 Å². The van der Waals surface area contributed by atoms with Crippen LogP contribution in [0.15, 0.2) is 24.3 Å². The van der Waals surface area contributed by atoms with E-state index in [-0.39, 0.29) is 6.10 Å². The first kappa shape index (κ1) is 18.7. The van der Waals surface area contributed by atoms with Gasteiger partial charge in [0.25, 0.3) is 0 Å². The summed E-state index contributed by atoms with van der Waals surface area (Å²) < 4.78 is 0. The van der Waals surface area contributed by atoms with Gasteiger partial charge in [0.2, 0.25) is 0 Å². The predicted octanol–water partition coefficient (Wildman–Crippen LogP) is 3.17. The monoisotopic (exact) mass is 345 g/mol. The quantitative estimate of drug-likeness (QED) is 0.860. The first-order chi connectivity index (χ1) is 12.0. The van der Waals surface area contributed by atoms with Gasteiger partial charge in [-0.2, -0.15) is 0 Å². The Morgan fingerprint density at radius 2 is 1.68 bits per heavy atom. The van der Waals surface area contributed by atoms with Crippen LogP contribution >= 0.6 is 0 Å². The number of rotatable bonds is 5. The van der Waals surface area contributed by atoms with E-state index in [4.69, 9.17) is 0 Å². The van der Waals surface area contributed by atoms with Crippen molar-refractivity contribution < 1.29 is 5.11 Å². The number of aliphatic hydroxyl groups excluding tert-OH is 1. The summed E-state index contributed by atoms with van der Waals surface area (Å²) in [5, 5.41) is 14.1. The standard InChI is InChI=1S/C21H35N3O/c1-16(17-8-10-19(11-9-17)23(2)3)22-18-12-14-24(15-13-18)20-6-4-5-7-21(20)25/h8-11,16,18,20-22,25H,4-7,12-15H2,1-3H3. The molecule has 3 atom stereocenters. The molecule has 0 aromatic heterocycles. The Balaban J connectivity index is 1.48. The molecule has 0 bridgehead atoms. The average Bonchev–Trinajstić information content (AvgIpc) is 2.63. The van der Waals surface area contributed by atoms with Gasteiger partial charge in [0.15, 0.2) is 0 Å². The third kappa shape index (κ3) is 4.75. The highest BCUT2D eigenvalue weighted by molar-refractivity contribution is 5.46. The van der Waals surface area contributed by atoms with Crippen molar-refractivity contribution in [2.75, 3.05) is 32.1 Å². The first-order valence-electron chi connectivity index (χ1n) is 10.00. The van der Waals surface area contributed by atoms with Crippen molar-refractivity contribution >= 4 is 5.69 Å². The van der Waals surface area contributed by atoms with Gasteiger partial charge in [0.05, 0.1) is 6.10 Å². The van der Waals surface area contributed by atoms with E-state index in [1.54, 1.807) is 0 Å². The topological polar surface area (TPSA) is 38.7 Å². The molecule has 1 aliphatic carbocycles. The smallest absolute Gasteiger partial charge is 0.0695 e. The van der Waals surface area contributed by atoms with E-state index in [1.807, 2.05) is 0 Å². The molecule has 1 aliphatic heterocycles. The SMILES string of the molecule is CC(NC1CCN(C2CCCCC2O)CC1)c1ccc(N(C)C)cc1. The highest BCUT2D eigenvalue weighted by Gasteiger charge is 2.31. The minimum absolute atomic E-state index is 0.104. The summed E-state index contributed by atoms with van der Waals surface area (Å²) in [6.07, 6.45) is 6.90. The van der Waals surface area contributed by atoms with Crippen molar-refractivity contribution in [1.82, 2.24) is 10.2 Å². The summed E-state index contributed by atoms with van der Waals surface area (Å²) in [5.74, 6) is 0. The van der Waals surface area contributed by atoms with Crippen LogP contribution < -0.4 is 10.2 Å². The third-order valence-corrected chi connectivity index (χ3v) is 6.09. The van der Waals surface area contributed by atoms with E-state index in [2.05, 4.69) is 60.4 Å². The van der Waals surface area contributed by atoms with E-state index >= 15 is 0 Å². The number of likely N-dealkylation sites (tertiary alicyclic amines) is 1. The fourth-order valence-corrected chi connectivity index (χ4v) is 4.43. The summed E-state index contributed by atoms with van der Waals surface area (Å²) >= 11 is 0. The molecule has 0 amide bonds. The maximum Gasteiger partial charge on any atom is 0.0695 e. The van der Waals surface area contributed by atoms with Crippen molar-refractivity contribution in [3.8, 4) is 0 Å². The van der Waals surface area contributed by atoms with E-state index in [0.29, 0.717) is 18.1 Å². The second-order valence-corrected chi connectivity index (χ2v) is 8.10. The van der Waals surface area contributed by atoms with Gasteiger partial charge in [-0.1, -0.05) is 25.0 Å².